The third kappa shape index (κ3) is 1.37. The highest BCUT2D eigenvalue weighted by Crippen LogP contribution is 2.26. The quantitative estimate of drug-likeness (QED) is 0.774. The smallest absolute Gasteiger partial charge is 0.181 e. The fraction of sp³-hybridized carbons (Fsp3) is 0.333. The predicted molar refractivity (Wildman–Crippen MR) is 56.1 cm³/mol. The standard InChI is InChI=1S/C9H10BrN3O/c1-6-7(4-12-13(6)2)9-8(3-10)11-5-14-9/h4-5H,3H2,1-2H3. The molecule has 0 N–H and O–H groups in total. The zero-order valence-electron chi connectivity index (χ0n) is 7.99. The summed E-state index contributed by atoms with van der Waals surface area (Å²) in [5.41, 5.74) is 2.98. The van der Waals surface area contributed by atoms with Crippen molar-refractivity contribution < 1.29 is 4.42 Å². The molecule has 0 aromatic carbocycles. The fourth-order valence-corrected chi connectivity index (χ4v) is 1.70. The number of oxazole rings is 1. The Balaban J connectivity index is 2.54. The lowest BCUT2D eigenvalue weighted by Crippen LogP contribution is -1.92. The van der Waals surface area contributed by atoms with Crippen LogP contribution in [0.5, 0.6) is 0 Å². The monoisotopic (exact) mass is 255 g/mol. The van der Waals surface area contributed by atoms with E-state index in [2.05, 4.69) is 26.0 Å². The molecule has 4 nitrogen and oxygen atoms in total. The first kappa shape index (κ1) is 9.45. The Hall–Kier alpha value is -1.10. The van der Waals surface area contributed by atoms with Gasteiger partial charge in [-0.05, 0) is 6.92 Å². The normalized spacial score (nSPS) is 10.8. The van der Waals surface area contributed by atoms with Crippen molar-refractivity contribution in [3.63, 3.8) is 0 Å². The summed E-state index contributed by atoms with van der Waals surface area (Å²) in [5.74, 6) is 0.799. The van der Waals surface area contributed by atoms with Crippen LogP contribution in [0, 0.1) is 6.92 Å². The van der Waals surface area contributed by atoms with E-state index in [0.29, 0.717) is 5.33 Å². The van der Waals surface area contributed by atoms with Crippen LogP contribution in [0.15, 0.2) is 17.0 Å². The minimum Gasteiger partial charge on any atom is -0.443 e. The lowest BCUT2D eigenvalue weighted by Gasteiger charge is -1.97. The van der Waals surface area contributed by atoms with E-state index in [9.17, 15) is 0 Å². The van der Waals surface area contributed by atoms with Gasteiger partial charge in [-0.3, -0.25) is 4.68 Å². The third-order valence-electron chi connectivity index (χ3n) is 2.25. The highest BCUT2D eigenvalue weighted by atomic mass is 79.9. The molecule has 0 spiro atoms. The van der Waals surface area contributed by atoms with Crippen LogP contribution in [-0.2, 0) is 12.4 Å². The molecule has 2 rings (SSSR count). The SMILES string of the molecule is Cc1c(-c2ocnc2CBr)cnn1C. The zero-order chi connectivity index (χ0) is 10.1. The van der Waals surface area contributed by atoms with Crippen LogP contribution in [0.3, 0.4) is 0 Å². The minimum atomic E-state index is 0.688. The molecule has 0 bridgehead atoms. The summed E-state index contributed by atoms with van der Waals surface area (Å²) in [6, 6.07) is 0. The number of rotatable bonds is 2. The lowest BCUT2D eigenvalue weighted by molar-refractivity contribution is 0.570. The van der Waals surface area contributed by atoms with Gasteiger partial charge in [0.15, 0.2) is 12.2 Å². The Morgan fingerprint density at radius 3 is 2.93 bits per heavy atom. The molecule has 0 aliphatic heterocycles. The van der Waals surface area contributed by atoms with E-state index in [4.69, 9.17) is 4.42 Å². The Labute approximate surface area is 90.1 Å². The molecule has 2 aromatic rings. The van der Waals surface area contributed by atoms with Crippen molar-refractivity contribution in [3.8, 4) is 11.3 Å². The molecule has 0 radical (unpaired) electrons. The van der Waals surface area contributed by atoms with Gasteiger partial charge in [0.1, 0.15) is 0 Å². The van der Waals surface area contributed by atoms with Gasteiger partial charge in [-0.25, -0.2) is 4.98 Å². The number of halogens is 1. The molecular weight excluding hydrogens is 246 g/mol. The molecule has 0 aliphatic carbocycles. The molecule has 74 valence electrons. The van der Waals surface area contributed by atoms with Gasteiger partial charge >= 0.3 is 0 Å². The van der Waals surface area contributed by atoms with E-state index < -0.39 is 0 Å². The lowest BCUT2D eigenvalue weighted by atomic mass is 10.2. The van der Waals surface area contributed by atoms with Crippen LogP contribution >= 0.6 is 15.9 Å². The molecule has 0 amide bonds. The summed E-state index contributed by atoms with van der Waals surface area (Å²) in [4.78, 5) is 4.11. The fourth-order valence-electron chi connectivity index (χ4n) is 1.31. The average Bonchev–Trinajstić information content (AvgIpc) is 2.75. The van der Waals surface area contributed by atoms with E-state index in [1.54, 1.807) is 6.20 Å². The largest absolute Gasteiger partial charge is 0.443 e. The average molecular weight is 256 g/mol. The van der Waals surface area contributed by atoms with Gasteiger partial charge in [0.2, 0.25) is 0 Å². The molecule has 2 aromatic heterocycles. The van der Waals surface area contributed by atoms with Crippen molar-refractivity contribution in [1.82, 2.24) is 14.8 Å². The topological polar surface area (TPSA) is 43.9 Å². The number of nitrogens with zero attached hydrogens (tertiary/aromatic N) is 3. The summed E-state index contributed by atoms with van der Waals surface area (Å²) in [5, 5.41) is 4.85. The Bertz CT molecular complexity index is 447. The van der Waals surface area contributed by atoms with Gasteiger partial charge in [0, 0.05) is 18.1 Å². The van der Waals surface area contributed by atoms with E-state index in [1.807, 2.05) is 18.7 Å². The molecule has 0 unspecified atom stereocenters. The first-order valence-electron chi connectivity index (χ1n) is 4.21. The van der Waals surface area contributed by atoms with Crippen LogP contribution in [0.1, 0.15) is 11.4 Å². The molecule has 0 atom stereocenters. The van der Waals surface area contributed by atoms with Gasteiger partial charge in [-0.15, -0.1) is 0 Å². The molecule has 0 saturated heterocycles. The summed E-state index contributed by atoms with van der Waals surface area (Å²) in [6.45, 7) is 2.00. The van der Waals surface area contributed by atoms with Gasteiger partial charge in [0.05, 0.1) is 17.5 Å². The Morgan fingerprint density at radius 1 is 1.57 bits per heavy atom. The van der Waals surface area contributed by atoms with Gasteiger partial charge in [0.25, 0.3) is 0 Å². The first-order chi connectivity index (χ1) is 6.74. The van der Waals surface area contributed by atoms with E-state index in [-0.39, 0.29) is 0 Å². The Morgan fingerprint density at radius 2 is 2.36 bits per heavy atom. The molecule has 14 heavy (non-hydrogen) atoms. The third-order valence-corrected chi connectivity index (χ3v) is 2.78. The van der Waals surface area contributed by atoms with Crippen LogP contribution in [0.2, 0.25) is 0 Å². The maximum absolute atomic E-state index is 5.34. The van der Waals surface area contributed by atoms with Gasteiger partial charge < -0.3 is 4.42 Å². The highest BCUT2D eigenvalue weighted by Gasteiger charge is 2.14. The molecule has 0 saturated carbocycles. The summed E-state index contributed by atoms with van der Waals surface area (Å²) >= 11 is 3.37. The Kier molecular flexibility index (Phi) is 2.41. The summed E-state index contributed by atoms with van der Waals surface area (Å²) in [7, 11) is 1.91. The van der Waals surface area contributed by atoms with Gasteiger partial charge in [-0.1, -0.05) is 15.9 Å². The number of aryl methyl sites for hydroxylation is 1. The van der Waals surface area contributed by atoms with E-state index >= 15 is 0 Å². The van der Waals surface area contributed by atoms with Crippen molar-refractivity contribution >= 4 is 15.9 Å². The molecule has 5 heteroatoms. The van der Waals surface area contributed by atoms with Crippen molar-refractivity contribution in [1.29, 1.82) is 0 Å². The van der Waals surface area contributed by atoms with Crippen LogP contribution < -0.4 is 0 Å². The number of hydrogen-bond acceptors (Lipinski definition) is 3. The second-order valence-corrected chi connectivity index (χ2v) is 3.59. The predicted octanol–water partition coefficient (Wildman–Crippen LogP) is 2.28. The van der Waals surface area contributed by atoms with Crippen LogP contribution in [0.25, 0.3) is 11.3 Å². The van der Waals surface area contributed by atoms with Crippen molar-refractivity contribution in [2.24, 2.45) is 7.05 Å². The summed E-state index contributed by atoms with van der Waals surface area (Å²) in [6.07, 6.45) is 3.25. The molecule has 2 heterocycles. The first-order valence-corrected chi connectivity index (χ1v) is 5.33. The van der Waals surface area contributed by atoms with Gasteiger partial charge in [-0.2, -0.15) is 5.10 Å². The van der Waals surface area contributed by atoms with E-state index in [1.165, 1.54) is 6.39 Å². The van der Waals surface area contributed by atoms with E-state index in [0.717, 1.165) is 22.7 Å². The maximum atomic E-state index is 5.34. The zero-order valence-corrected chi connectivity index (χ0v) is 9.58. The number of alkyl halides is 1. The highest BCUT2D eigenvalue weighted by molar-refractivity contribution is 9.08. The van der Waals surface area contributed by atoms with Crippen LogP contribution in [-0.4, -0.2) is 14.8 Å². The second kappa shape index (κ2) is 3.57. The van der Waals surface area contributed by atoms with Crippen molar-refractivity contribution in [2.45, 2.75) is 12.3 Å². The minimum absolute atomic E-state index is 0.688. The number of aromatic nitrogens is 3. The second-order valence-electron chi connectivity index (χ2n) is 3.03. The number of hydrogen-bond donors (Lipinski definition) is 0. The van der Waals surface area contributed by atoms with Crippen molar-refractivity contribution in [2.75, 3.05) is 0 Å². The molecule has 0 fully saturated rings. The van der Waals surface area contributed by atoms with Crippen molar-refractivity contribution in [3.05, 3.63) is 24.0 Å². The molecule has 0 aliphatic rings. The van der Waals surface area contributed by atoms with Crippen LogP contribution in [0.4, 0.5) is 0 Å². The molecular formula is C9H10BrN3O. The maximum Gasteiger partial charge on any atom is 0.181 e. The summed E-state index contributed by atoms with van der Waals surface area (Å²) < 4.78 is 7.16.